The number of likely N-dealkylation sites (N-methyl/N-ethyl adjacent to an activating group) is 1. The number of benzene rings is 2. The van der Waals surface area contributed by atoms with Crippen molar-refractivity contribution in [2.24, 2.45) is 11.8 Å². The molecule has 3 amide bonds. The Balaban J connectivity index is 1.49. The van der Waals surface area contributed by atoms with Gasteiger partial charge in [-0.2, -0.15) is 0 Å². The lowest BCUT2D eigenvalue weighted by Gasteiger charge is -2.38. The fraction of sp³-hybridized carbons (Fsp3) is 0.459. The van der Waals surface area contributed by atoms with E-state index in [2.05, 4.69) is 0 Å². The third kappa shape index (κ3) is 5.37. The summed E-state index contributed by atoms with van der Waals surface area (Å²) in [5.41, 5.74) is 1.75. The molecule has 4 aliphatic rings. The number of carbonyl (C=O) groups is 4. The summed E-state index contributed by atoms with van der Waals surface area (Å²) in [6.45, 7) is 7.20. The zero-order valence-electron chi connectivity index (χ0n) is 27.5. The molecule has 2 saturated heterocycles. The average Bonchev–Trinajstić information content (AvgIpc) is 3.71. The molecule has 2 aromatic rings. The number of para-hydroxylation sites is 1. The molecule has 6 rings (SSSR count). The van der Waals surface area contributed by atoms with Crippen molar-refractivity contribution in [3.63, 3.8) is 0 Å². The highest BCUT2D eigenvalue weighted by atomic mass is 16.6. The van der Waals surface area contributed by atoms with Gasteiger partial charge in [-0.1, -0.05) is 72.8 Å². The average molecular weight is 642 g/mol. The molecule has 4 heterocycles. The molecule has 0 saturated carbocycles. The summed E-state index contributed by atoms with van der Waals surface area (Å²) in [6.07, 6.45) is 6.34. The number of anilines is 1. The maximum Gasteiger partial charge on any atom is 0.313 e. The van der Waals surface area contributed by atoms with Crippen LogP contribution in [0.15, 0.2) is 72.8 Å². The second-order valence-corrected chi connectivity index (χ2v) is 13.2. The van der Waals surface area contributed by atoms with Gasteiger partial charge >= 0.3 is 5.97 Å². The minimum atomic E-state index is -1.43. The lowest BCUT2D eigenvalue weighted by atomic mass is 9.74. The monoisotopic (exact) mass is 641 g/mol. The SMILES string of the molecule is Cc1cccc(C)c1N1C/C=C\CCC(=O)N(C)[C@H](C)[C@@H](c2ccccc2)OC(=O)[C@@H]2[C@@H]3C=C[C@]4(O3)[C@H](C1=O)N([C@H](C)CO)C(=O)[C@@H]24. The van der Waals surface area contributed by atoms with Gasteiger partial charge in [-0.25, -0.2) is 0 Å². The number of carbonyl (C=O) groups excluding carboxylic acids is 4. The van der Waals surface area contributed by atoms with E-state index in [1.165, 1.54) is 4.90 Å². The van der Waals surface area contributed by atoms with Crippen molar-refractivity contribution < 1.29 is 33.8 Å². The van der Waals surface area contributed by atoms with Gasteiger partial charge in [-0.15, -0.1) is 0 Å². The summed E-state index contributed by atoms with van der Waals surface area (Å²) < 4.78 is 12.8. The Labute approximate surface area is 275 Å². The van der Waals surface area contributed by atoms with E-state index in [4.69, 9.17) is 9.47 Å². The van der Waals surface area contributed by atoms with Crippen molar-refractivity contribution in [3.8, 4) is 0 Å². The first kappa shape index (κ1) is 32.7. The molecule has 248 valence electrons. The number of aliphatic hydroxyl groups excluding tert-OH is 1. The molecule has 2 aromatic carbocycles. The second kappa shape index (κ2) is 12.7. The maximum absolute atomic E-state index is 15.0. The van der Waals surface area contributed by atoms with Crippen molar-refractivity contribution in [1.82, 2.24) is 9.80 Å². The predicted molar refractivity (Wildman–Crippen MR) is 175 cm³/mol. The van der Waals surface area contributed by atoms with Crippen molar-refractivity contribution in [2.75, 3.05) is 25.1 Å². The Kier molecular flexibility index (Phi) is 8.84. The number of cyclic esters (lactones) is 1. The van der Waals surface area contributed by atoms with E-state index in [0.717, 1.165) is 11.1 Å². The van der Waals surface area contributed by atoms with E-state index in [-0.39, 0.29) is 31.4 Å². The summed E-state index contributed by atoms with van der Waals surface area (Å²) in [6, 6.07) is 12.7. The van der Waals surface area contributed by atoms with Crippen molar-refractivity contribution in [1.29, 1.82) is 0 Å². The molecule has 10 nitrogen and oxygen atoms in total. The number of aliphatic hydroxyl groups is 1. The zero-order chi connectivity index (χ0) is 33.6. The highest BCUT2D eigenvalue weighted by molar-refractivity contribution is 6.06. The van der Waals surface area contributed by atoms with E-state index < -0.39 is 59.6 Å². The summed E-state index contributed by atoms with van der Waals surface area (Å²) in [5, 5.41) is 10.3. The molecule has 4 aliphatic heterocycles. The van der Waals surface area contributed by atoms with Gasteiger partial charge in [0.1, 0.15) is 23.7 Å². The van der Waals surface area contributed by atoms with Gasteiger partial charge < -0.3 is 29.3 Å². The largest absolute Gasteiger partial charge is 0.455 e. The predicted octanol–water partition coefficient (Wildman–Crippen LogP) is 3.65. The Morgan fingerprint density at radius 1 is 0.979 bits per heavy atom. The van der Waals surface area contributed by atoms with Crippen LogP contribution < -0.4 is 4.90 Å². The van der Waals surface area contributed by atoms with Gasteiger partial charge in [-0.3, -0.25) is 19.2 Å². The molecule has 1 spiro atoms. The number of nitrogens with zero attached hydrogens (tertiary/aromatic N) is 3. The molecular formula is C37H43N3O7. The Bertz CT molecular complexity index is 1600. The number of allylic oxidation sites excluding steroid dienone is 1. The minimum Gasteiger partial charge on any atom is -0.455 e. The van der Waals surface area contributed by atoms with E-state index in [0.29, 0.717) is 17.7 Å². The van der Waals surface area contributed by atoms with Crippen molar-refractivity contribution in [2.45, 2.75) is 76.5 Å². The Morgan fingerprint density at radius 2 is 1.68 bits per heavy atom. The van der Waals surface area contributed by atoms with E-state index in [1.54, 1.807) is 35.9 Å². The molecule has 1 N–H and O–H groups in total. The first-order valence-corrected chi connectivity index (χ1v) is 16.4. The van der Waals surface area contributed by atoms with Crippen LogP contribution >= 0.6 is 0 Å². The van der Waals surface area contributed by atoms with Crippen LogP contribution in [0.3, 0.4) is 0 Å². The van der Waals surface area contributed by atoms with E-state index in [9.17, 15) is 24.3 Å². The number of rotatable bonds is 4. The number of ether oxygens (including phenoxy) is 2. The van der Waals surface area contributed by atoms with Crippen LogP contribution in [0.5, 0.6) is 0 Å². The van der Waals surface area contributed by atoms with Crippen molar-refractivity contribution >= 4 is 29.4 Å². The molecule has 47 heavy (non-hydrogen) atoms. The maximum atomic E-state index is 15.0. The van der Waals surface area contributed by atoms with Gasteiger partial charge in [0.25, 0.3) is 5.91 Å². The lowest BCUT2D eigenvalue weighted by molar-refractivity contribution is -0.164. The Morgan fingerprint density at radius 3 is 2.36 bits per heavy atom. The first-order valence-electron chi connectivity index (χ1n) is 16.4. The highest BCUT2D eigenvalue weighted by Gasteiger charge is 2.74. The summed E-state index contributed by atoms with van der Waals surface area (Å²) in [5.74, 6) is -3.62. The van der Waals surface area contributed by atoms with E-state index in [1.807, 2.05) is 81.5 Å². The van der Waals surface area contributed by atoms with Crippen molar-refractivity contribution in [3.05, 3.63) is 89.5 Å². The topological polar surface area (TPSA) is 117 Å². The van der Waals surface area contributed by atoms with Gasteiger partial charge in [0.15, 0.2) is 0 Å². The third-order valence-corrected chi connectivity index (χ3v) is 10.3. The number of amides is 3. The molecule has 8 atom stereocenters. The lowest BCUT2D eigenvalue weighted by Crippen LogP contribution is -2.58. The van der Waals surface area contributed by atoms with Crippen LogP contribution in [0.25, 0.3) is 0 Å². The normalized spacial score (nSPS) is 32.5. The molecule has 0 radical (unpaired) electrons. The molecular weight excluding hydrogens is 598 g/mol. The molecule has 0 aromatic heterocycles. The van der Waals surface area contributed by atoms with Crippen LogP contribution in [-0.2, 0) is 28.7 Å². The number of aryl methyl sites for hydroxylation is 2. The molecule has 5 bridgehead atoms. The molecule has 0 unspecified atom stereocenters. The van der Waals surface area contributed by atoms with Gasteiger partial charge in [0, 0.05) is 25.7 Å². The Hall–Kier alpha value is -4.28. The minimum absolute atomic E-state index is 0.112. The fourth-order valence-electron chi connectivity index (χ4n) is 7.79. The van der Waals surface area contributed by atoms with Gasteiger partial charge in [0.2, 0.25) is 11.8 Å². The number of esters is 1. The van der Waals surface area contributed by atoms with Gasteiger partial charge in [-0.05, 0) is 50.8 Å². The van der Waals surface area contributed by atoms with Gasteiger partial charge in [0.05, 0.1) is 30.7 Å². The highest BCUT2D eigenvalue weighted by Crippen LogP contribution is 2.56. The number of hydrogen-bond donors (Lipinski definition) is 1. The number of likely N-dealkylation sites (tertiary alicyclic amines) is 1. The van der Waals surface area contributed by atoms with Crippen LogP contribution in [0.1, 0.15) is 49.5 Å². The second-order valence-electron chi connectivity index (χ2n) is 13.2. The summed E-state index contributed by atoms with van der Waals surface area (Å²) >= 11 is 0. The standard InChI is InChI=1S/C37H43N3O7/c1-22-13-12-14-23(2)31(22)39-20-11-7-10-17-28(42)38(5)25(4)32(26-15-8-6-9-16-26)46-36(45)29-27-18-19-37(47-27)30(29)34(43)40(24(3)21-41)33(37)35(39)44/h6-9,11-16,18-19,24-25,27,29-30,32-33,41H,10,17,20-21H2,1-5H3/b11-7-/t24-,25-,27+,29-,30-,32+,33+,37-/m1/s1. The van der Waals surface area contributed by atoms with E-state index >= 15 is 0 Å². The number of hydrogen-bond acceptors (Lipinski definition) is 7. The first-order chi connectivity index (χ1) is 22.5. The van der Waals surface area contributed by atoms with Crippen LogP contribution in [0.2, 0.25) is 0 Å². The van der Waals surface area contributed by atoms with Crippen LogP contribution in [-0.4, -0.2) is 88.6 Å². The molecule has 10 heteroatoms. The van der Waals surface area contributed by atoms with Crippen LogP contribution in [0.4, 0.5) is 5.69 Å². The zero-order valence-corrected chi connectivity index (χ0v) is 27.5. The summed E-state index contributed by atoms with van der Waals surface area (Å²) in [4.78, 5) is 61.8. The third-order valence-electron chi connectivity index (χ3n) is 10.3. The summed E-state index contributed by atoms with van der Waals surface area (Å²) in [7, 11) is 1.70. The molecule has 0 aliphatic carbocycles. The smallest absolute Gasteiger partial charge is 0.313 e. The quantitative estimate of drug-likeness (QED) is 0.400. The number of fused-ring (bicyclic) bond motifs is 2. The van der Waals surface area contributed by atoms with Crippen LogP contribution in [0, 0.1) is 25.7 Å². The fourth-order valence-corrected chi connectivity index (χ4v) is 7.79. The molecule has 2 fully saturated rings.